The summed E-state index contributed by atoms with van der Waals surface area (Å²) in [6.07, 6.45) is 2.11. The minimum Gasteiger partial charge on any atom is -0.508 e. The molecule has 0 aliphatic carbocycles. The maximum Gasteiger partial charge on any atom is 0.115 e. The third-order valence-electron chi connectivity index (χ3n) is 2.51. The van der Waals surface area contributed by atoms with Gasteiger partial charge in [0, 0.05) is 0 Å². The van der Waals surface area contributed by atoms with E-state index >= 15 is 0 Å². The molecule has 0 bridgehead atoms. The van der Waals surface area contributed by atoms with E-state index in [2.05, 4.69) is 25.1 Å². The molecule has 0 atom stereocenters. The van der Waals surface area contributed by atoms with Crippen LogP contribution in [0.25, 0.3) is 11.6 Å². The first-order valence-corrected chi connectivity index (χ1v) is 5.28. The van der Waals surface area contributed by atoms with Crippen molar-refractivity contribution in [2.75, 3.05) is 0 Å². The highest BCUT2D eigenvalue weighted by Gasteiger charge is 1.95. The van der Waals surface area contributed by atoms with E-state index in [4.69, 9.17) is 0 Å². The van der Waals surface area contributed by atoms with E-state index < -0.39 is 0 Å². The number of hydrogen-bond donors (Lipinski definition) is 1. The fraction of sp³-hybridized carbons (Fsp3) is 0.0667. The van der Waals surface area contributed by atoms with Crippen LogP contribution in [0.1, 0.15) is 18.1 Å². The molecule has 1 nitrogen and oxygen atoms in total. The predicted octanol–water partition coefficient (Wildman–Crippen LogP) is 3.95. The standard InChI is InChI=1S/C15H14O/c1-12(14-5-3-2-4-6-14)11-13-7-9-15(16)10-8-13/h2-11,16H,1H3/b12-11+. The molecule has 0 aliphatic heterocycles. The van der Waals surface area contributed by atoms with Crippen molar-refractivity contribution >= 4 is 11.6 Å². The minimum absolute atomic E-state index is 0.300. The highest BCUT2D eigenvalue weighted by Crippen LogP contribution is 2.18. The van der Waals surface area contributed by atoms with E-state index in [0.717, 1.165) is 5.56 Å². The van der Waals surface area contributed by atoms with Gasteiger partial charge in [-0.05, 0) is 35.8 Å². The van der Waals surface area contributed by atoms with Crippen molar-refractivity contribution in [3.05, 3.63) is 65.7 Å². The van der Waals surface area contributed by atoms with Gasteiger partial charge in [0.05, 0.1) is 0 Å². The summed E-state index contributed by atoms with van der Waals surface area (Å²) in [4.78, 5) is 0. The number of allylic oxidation sites excluding steroid dienone is 1. The van der Waals surface area contributed by atoms with E-state index in [0.29, 0.717) is 5.75 Å². The molecule has 0 heterocycles. The molecule has 0 radical (unpaired) electrons. The molecule has 0 fully saturated rings. The molecule has 0 saturated carbocycles. The zero-order valence-corrected chi connectivity index (χ0v) is 9.22. The summed E-state index contributed by atoms with van der Waals surface area (Å²) in [6.45, 7) is 2.09. The molecule has 0 saturated heterocycles. The average molecular weight is 210 g/mol. The molecule has 2 rings (SSSR count). The third-order valence-corrected chi connectivity index (χ3v) is 2.51. The number of aromatic hydroxyl groups is 1. The molecule has 2 aromatic rings. The number of hydrogen-bond acceptors (Lipinski definition) is 1. The Labute approximate surface area is 95.7 Å². The lowest BCUT2D eigenvalue weighted by atomic mass is 10.0. The van der Waals surface area contributed by atoms with Crippen molar-refractivity contribution in [1.82, 2.24) is 0 Å². The summed E-state index contributed by atoms with van der Waals surface area (Å²) < 4.78 is 0. The van der Waals surface area contributed by atoms with Crippen LogP contribution in [0.15, 0.2) is 54.6 Å². The normalized spacial score (nSPS) is 11.4. The number of benzene rings is 2. The smallest absolute Gasteiger partial charge is 0.115 e. The number of phenols is 1. The molecule has 0 aliphatic rings. The molecular formula is C15H14O. The molecule has 80 valence electrons. The Morgan fingerprint density at radius 1 is 0.938 bits per heavy atom. The van der Waals surface area contributed by atoms with E-state index in [-0.39, 0.29) is 0 Å². The predicted molar refractivity (Wildman–Crippen MR) is 68.1 cm³/mol. The summed E-state index contributed by atoms with van der Waals surface area (Å²) in [5.41, 5.74) is 3.53. The van der Waals surface area contributed by atoms with Gasteiger partial charge in [-0.25, -0.2) is 0 Å². The lowest BCUT2D eigenvalue weighted by Crippen LogP contribution is -1.78. The number of rotatable bonds is 2. The summed E-state index contributed by atoms with van der Waals surface area (Å²) >= 11 is 0. The minimum atomic E-state index is 0.300. The first-order valence-electron chi connectivity index (χ1n) is 5.28. The fourth-order valence-corrected chi connectivity index (χ4v) is 1.60. The largest absolute Gasteiger partial charge is 0.508 e. The highest BCUT2D eigenvalue weighted by atomic mass is 16.3. The van der Waals surface area contributed by atoms with Crippen molar-refractivity contribution in [2.45, 2.75) is 6.92 Å². The molecular weight excluding hydrogens is 196 g/mol. The monoisotopic (exact) mass is 210 g/mol. The molecule has 0 aromatic heterocycles. The van der Waals surface area contributed by atoms with Gasteiger partial charge in [-0.3, -0.25) is 0 Å². The van der Waals surface area contributed by atoms with Crippen LogP contribution < -0.4 is 0 Å². The van der Waals surface area contributed by atoms with Crippen molar-refractivity contribution in [2.24, 2.45) is 0 Å². The van der Waals surface area contributed by atoms with Crippen molar-refractivity contribution < 1.29 is 5.11 Å². The zero-order chi connectivity index (χ0) is 11.4. The van der Waals surface area contributed by atoms with Gasteiger partial charge < -0.3 is 5.11 Å². The topological polar surface area (TPSA) is 20.2 Å². The molecule has 0 spiro atoms. The van der Waals surface area contributed by atoms with Gasteiger partial charge in [-0.1, -0.05) is 48.5 Å². The van der Waals surface area contributed by atoms with Gasteiger partial charge in [-0.15, -0.1) is 0 Å². The van der Waals surface area contributed by atoms with Crippen LogP contribution in [-0.4, -0.2) is 5.11 Å². The van der Waals surface area contributed by atoms with Crippen LogP contribution >= 0.6 is 0 Å². The Morgan fingerprint density at radius 2 is 1.56 bits per heavy atom. The number of phenolic OH excluding ortho intramolecular Hbond substituents is 1. The van der Waals surface area contributed by atoms with Crippen molar-refractivity contribution in [3.8, 4) is 5.75 Å². The maximum absolute atomic E-state index is 9.19. The van der Waals surface area contributed by atoms with E-state index in [1.807, 2.05) is 30.3 Å². The summed E-state index contributed by atoms with van der Waals surface area (Å²) in [7, 11) is 0. The molecule has 1 N–H and O–H groups in total. The van der Waals surface area contributed by atoms with Crippen molar-refractivity contribution in [3.63, 3.8) is 0 Å². The Hall–Kier alpha value is -2.02. The second kappa shape index (κ2) is 4.67. The van der Waals surface area contributed by atoms with Crippen LogP contribution in [0.5, 0.6) is 5.75 Å². The van der Waals surface area contributed by atoms with E-state index in [1.54, 1.807) is 12.1 Å². The molecule has 0 amide bonds. The SMILES string of the molecule is C/C(=C\c1ccc(O)cc1)c1ccccc1. The third kappa shape index (κ3) is 2.51. The van der Waals surface area contributed by atoms with Crippen molar-refractivity contribution in [1.29, 1.82) is 0 Å². The van der Waals surface area contributed by atoms with Crippen LogP contribution in [0, 0.1) is 0 Å². The maximum atomic E-state index is 9.19. The fourth-order valence-electron chi connectivity index (χ4n) is 1.60. The molecule has 0 unspecified atom stereocenters. The van der Waals surface area contributed by atoms with Crippen LogP contribution in [0.4, 0.5) is 0 Å². The van der Waals surface area contributed by atoms with E-state index in [1.165, 1.54) is 11.1 Å². The van der Waals surface area contributed by atoms with Gasteiger partial charge in [0.25, 0.3) is 0 Å². The zero-order valence-electron chi connectivity index (χ0n) is 9.22. The van der Waals surface area contributed by atoms with Gasteiger partial charge >= 0.3 is 0 Å². The van der Waals surface area contributed by atoms with Crippen LogP contribution in [0.2, 0.25) is 0 Å². The van der Waals surface area contributed by atoms with Gasteiger partial charge in [-0.2, -0.15) is 0 Å². The van der Waals surface area contributed by atoms with E-state index in [9.17, 15) is 5.11 Å². The second-order valence-electron chi connectivity index (χ2n) is 3.78. The molecule has 16 heavy (non-hydrogen) atoms. The summed E-state index contributed by atoms with van der Waals surface area (Å²) in [6, 6.07) is 17.5. The van der Waals surface area contributed by atoms with Gasteiger partial charge in [0.1, 0.15) is 5.75 Å². The second-order valence-corrected chi connectivity index (χ2v) is 3.78. The lowest BCUT2D eigenvalue weighted by molar-refractivity contribution is 0.475. The van der Waals surface area contributed by atoms with Crippen LogP contribution in [-0.2, 0) is 0 Å². The summed E-state index contributed by atoms with van der Waals surface area (Å²) in [5.74, 6) is 0.300. The van der Waals surface area contributed by atoms with Gasteiger partial charge in [0.2, 0.25) is 0 Å². The van der Waals surface area contributed by atoms with Crippen LogP contribution in [0.3, 0.4) is 0 Å². The first-order chi connectivity index (χ1) is 7.75. The Morgan fingerprint density at radius 3 is 2.19 bits per heavy atom. The van der Waals surface area contributed by atoms with Gasteiger partial charge in [0.15, 0.2) is 0 Å². The average Bonchev–Trinajstić information content (AvgIpc) is 2.33. The molecule has 2 aromatic carbocycles. The Balaban J connectivity index is 2.28. The Bertz CT molecular complexity index is 481. The highest BCUT2D eigenvalue weighted by molar-refractivity contribution is 5.80. The first kappa shape index (κ1) is 10.5. The summed E-state index contributed by atoms with van der Waals surface area (Å²) in [5, 5.41) is 9.19. The lowest BCUT2D eigenvalue weighted by Gasteiger charge is -2.01. The molecule has 1 heteroatoms. The quantitative estimate of drug-likeness (QED) is 0.744. The Kier molecular flexibility index (Phi) is 3.06.